The lowest BCUT2D eigenvalue weighted by Gasteiger charge is -2.27. The highest BCUT2D eigenvalue weighted by atomic mass is 16.2. The lowest BCUT2D eigenvalue weighted by Crippen LogP contribution is -2.41. The molecule has 1 atom stereocenters. The van der Waals surface area contributed by atoms with Gasteiger partial charge in [-0.3, -0.25) is 9.69 Å². The third-order valence-electron chi connectivity index (χ3n) is 3.06. The van der Waals surface area contributed by atoms with Crippen LogP contribution in [-0.4, -0.2) is 37.0 Å². The summed E-state index contributed by atoms with van der Waals surface area (Å²) in [7, 11) is 1.93. The number of hydrogen-bond acceptors (Lipinski definition) is 3. The molecule has 4 nitrogen and oxygen atoms in total. The van der Waals surface area contributed by atoms with Crippen LogP contribution in [0.4, 0.5) is 0 Å². The van der Waals surface area contributed by atoms with E-state index in [-0.39, 0.29) is 18.0 Å². The van der Waals surface area contributed by atoms with Crippen molar-refractivity contribution in [2.75, 3.05) is 20.1 Å². The van der Waals surface area contributed by atoms with E-state index in [4.69, 9.17) is 5.73 Å². The predicted octanol–water partition coefficient (Wildman–Crippen LogP) is 1.45. The van der Waals surface area contributed by atoms with Gasteiger partial charge in [0, 0.05) is 18.6 Å². The van der Waals surface area contributed by atoms with Crippen molar-refractivity contribution in [3.63, 3.8) is 0 Å². The fraction of sp³-hybridized carbons (Fsp3) is 0.533. The average molecular weight is 263 g/mol. The summed E-state index contributed by atoms with van der Waals surface area (Å²) in [5.74, 6) is 0.0306. The minimum atomic E-state index is 0.0306. The summed E-state index contributed by atoms with van der Waals surface area (Å²) in [6, 6.07) is 8.52. The minimum Gasteiger partial charge on any atom is -0.353 e. The summed E-state index contributed by atoms with van der Waals surface area (Å²) >= 11 is 0. The summed E-state index contributed by atoms with van der Waals surface area (Å²) in [4.78, 5) is 13.8. The molecule has 0 radical (unpaired) electrons. The van der Waals surface area contributed by atoms with Gasteiger partial charge in [-0.05, 0) is 33.4 Å². The molecule has 0 heterocycles. The molecule has 1 aromatic carbocycles. The predicted molar refractivity (Wildman–Crippen MR) is 78.9 cm³/mol. The first-order chi connectivity index (χ1) is 8.93. The summed E-state index contributed by atoms with van der Waals surface area (Å²) in [6.07, 6.45) is 0. The highest BCUT2D eigenvalue weighted by molar-refractivity contribution is 5.78. The molecule has 1 unspecified atom stereocenters. The Morgan fingerprint density at radius 3 is 2.37 bits per heavy atom. The lowest BCUT2D eigenvalue weighted by atomic mass is 10.0. The molecule has 1 aromatic rings. The zero-order valence-corrected chi connectivity index (χ0v) is 12.3. The maximum atomic E-state index is 11.8. The van der Waals surface area contributed by atoms with Crippen molar-refractivity contribution in [3.05, 3.63) is 35.4 Å². The SMILES string of the molecule is Cc1ccc(C(CN)N(C)CC(=O)NC(C)C)cc1. The van der Waals surface area contributed by atoms with Crippen LogP contribution in [0, 0.1) is 6.92 Å². The van der Waals surface area contributed by atoms with Crippen LogP contribution in [0.2, 0.25) is 0 Å². The van der Waals surface area contributed by atoms with Gasteiger partial charge in [0.25, 0.3) is 0 Å². The highest BCUT2D eigenvalue weighted by Gasteiger charge is 2.18. The van der Waals surface area contributed by atoms with Gasteiger partial charge >= 0.3 is 0 Å². The Bertz CT molecular complexity index is 400. The maximum Gasteiger partial charge on any atom is 0.234 e. The summed E-state index contributed by atoms with van der Waals surface area (Å²) < 4.78 is 0. The fourth-order valence-electron chi connectivity index (χ4n) is 2.06. The first-order valence-corrected chi connectivity index (χ1v) is 6.70. The molecule has 4 heteroatoms. The summed E-state index contributed by atoms with van der Waals surface area (Å²) in [5, 5.41) is 2.89. The molecule has 1 amide bonds. The van der Waals surface area contributed by atoms with Gasteiger partial charge in [-0.1, -0.05) is 29.8 Å². The van der Waals surface area contributed by atoms with Crippen LogP contribution in [0.25, 0.3) is 0 Å². The minimum absolute atomic E-state index is 0.0306. The van der Waals surface area contributed by atoms with Crippen molar-refractivity contribution >= 4 is 5.91 Å². The van der Waals surface area contributed by atoms with Gasteiger partial charge in [0.1, 0.15) is 0 Å². The van der Waals surface area contributed by atoms with E-state index in [9.17, 15) is 4.79 Å². The molecule has 0 aliphatic rings. The Kier molecular flexibility index (Phi) is 5.99. The van der Waals surface area contributed by atoms with Crippen molar-refractivity contribution in [1.29, 1.82) is 0 Å². The normalized spacial score (nSPS) is 12.8. The molecule has 0 fully saturated rings. The zero-order valence-electron chi connectivity index (χ0n) is 12.3. The molecule has 0 saturated carbocycles. The first kappa shape index (κ1) is 15.7. The highest BCUT2D eigenvalue weighted by Crippen LogP contribution is 2.18. The second kappa shape index (κ2) is 7.26. The van der Waals surface area contributed by atoms with Gasteiger partial charge in [0.15, 0.2) is 0 Å². The molecule has 0 bridgehead atoms. The fourth-order valence-corrected chi connectivity index (χ4v) is 2.06. The van der Waals surface area contributed by atoms with Crippen molar-refractivity contribution in [2.45, 2.75) is 32.9 Å². The molecule has 0 aromatic heterocycles. The second-order valence-corrected chi connectivity index (χ2v) is 5.30. The third-order valence-corrected chi connectivity index (χ3v) is 3.06. The summed E-state index contributed by atoms with van der Waals surface area (Å²) in [6.45, 7) is 6.82. The number of benzene rings is 1. The zero-order chi connectivity index (χ0) is 14.4. The molecular formula is C15H25N3O. The molecule has 0 aliphatic carbocycles. The number of amides is 1. The number of carbonyl (C=O) groups is 1. The molecule has 3 N–H and O–H groups in total. The van der Waals surface area contributed by atoms with Crippen LogP contribution in [0.3, 0.4) is 0 Å². The first-order valence-electron chi connectivity index (χ1n) is 6.70. The Labute approximate surface area is 116 Å². The van der Waals surface area contributed by atoms with Gasteiger partial charge in [0.05, 0.1) is 6.54 Å². The van der Waals surface area contributed by atoms with E-state index < -0.39 is 0 Å². The molecule has 0 saturated heterocycles. The molecule has 1 rings (SSSR count). The molecule has 106 valence electrons. The van der Waals surface area contributed by atoms with E-state index in [0.717, 1.165) is 5.56 Å². The Morgan fingerprint density at radius 1 is 1.32 bits per heavy atom. The van der Waals surface area contributed by atoms with E-state index in [1.54, 1.807) is 0 Å². The van der Waals surface area contributed by atoms with E-state index in [2.05, 4.69) is 36.5 Å². The molecular weight excluding hydrogens is 238 g/mol. The molecule has 0 spiro atoms. The van der Waals surface area contributed by atoms with Gasteiger partial charge in [-0.25, -0.2) is 0 Å². The van der Waals surface area contributed by atoms with Crippen molar-refractivity contribution in [1.82, 2.24) is 10.2 Å². The van der Waals surface area contributed by atoms with E-state index in [1.807, 2.05) is 25.8 Å². The second-order valence-electron chi connectivity index (χ2n) is 5.30. The van der Waals surface area contributed by atoms with E-state index >= 15 is 0 Å². The Hall–Kier alpha value is -1.39. The quantitative estimate of drug-likeness (QED) is 0.817. The number of carbonyl (C=O) groups excluding carboxylic acids is 1. The number of likely N-dealkylation sites (N-methyl/N-ethyl adjacent to an activating group) is 1. The van der Waals surface area contributed by atoms with Gasteiger partial charge in [0.2, 0.25) is 5.91 Å². The van der Waals surface area contributed by atoms with Crippen molar-refractivity contribution in [3.8, 4) is 0 Å². The molecule has 0 aliphatic heterocycles. The number of rotatable bonds is 6. The largest absolute Gasteiger partial charge is 0.353 e. The smallest absolute Gasteiger partial charge is 0.234 e. The van der Waals surface area contributed by atoms with Crippen molar-refractivity contribution in [2.24, 2.45) is 5.73 Å². The summed E-state index contributed by atoms with van der Waals surface area (Å²) in [5.41, 5.74) is 8.22. The van der Waals surface area contributed by atoms with Crippen LogP contribution in [0.1, 0.15) is 31.0 Å². The monoisotopic (exact) mass is 263 g/mol. The number of hydrogen-bond donors (Lipinski definition) is 2. The Balaban J connectivity index is 2.68. The van der Waals surface area contributed by atoms with Gasteiger partial charge in [-0.15, -0.1) is 0 Å². The molecule has 19 heavy (non-hydrogen) atoms. The lowest BCUT2D eigenvalue weighted by molar-refractivity contribution is -0.122. The number of nitrogens with zero attached hydrogens (tertiary/aromatic N) is 1. The third kappa shape index (κ3) is 5.01. The van der Waals surface area contributed by atoms with Crippen LogP contribution in [0.15, 0.2) is 24.3 Å². The van der Waals surface area contributed by atoms with Gasteiger partial charge < -0.3 is 11.1 Å². The number of nitrogens with two attached hydrogens (primary N) is 1. The van der Waals surface area contributed by atoms with Crippen LogP contribution in [0.5, 0.6) is 0 Å². The van der Waals surface area contributed by atoms with E-state index in [0.29, 0.717) is 13.1 Å². The number of nitrogens with one attached hydrogen (secondary N) is 1. The standard InChI is InChI=1S/C15H25N3O/c1-11(2)17-15(19)10-18(4)14(9-16)13-7-5-12(3)6-8-13/h5-8,11,14H,9-10,16H2,1-4H3,(H,17,19). The van der Waals surface area contributed by atoms with Crippen LogP contribution in [-0.2, 0) is 4.79 Å². The average Bonchev–Trinajstić information content (AvgIpc) is 2.31. The number of aryl methyl sites for hydroxylation is 1. The van der Waals surface area contributed by atoms with E-state index in [1.165, 1.54) is 5.56 Å². The Morgan fingerprint density at radius 2 is 1.89 bits per heavy atom. The van der Waals surface area contributed by atoms with Crippen molar-refractivity contribution < 1.29 is 4.79 Å². The van der Waals surface area contributed by atoms with Crippen LogP contribution >= 0.6 is 0 Å². The van der Waals surface area contributed by atoms with Crippen LogP contribution < -0.4 is 11.1 Å². The maximum absolute atomic E-state index is 11.8. The topological polar surface area (TPSA) is 58.4 Å². The van der Waals surface area contributed by atoms with Gasteiger partial charge in [-0.2, -0.15) is 0 Å².